The van der Waals surface area contributed by atoms with Gasteiger partial charge in [0.25, 0.3) is 0 Å². The Bertz CT molecular complexity index is 354. The topological polar surface area (TPSA) is 55.6 Å². The third kappa shape index (κ3) is 3.01. The van der Waals surface area contributed by atoms with E-state index in [1.54, 1.807) is 7.05 Å². The third-order valence-corrected chi connectivity index (χ3v) is 2.21. The highest BCUT2D eigenvalue weighted by atomic mass is 19.1. The van der Waals surface area contributed by atoms with Crippen LogP contribution in [0.15, 0.2) is 24.3 Å². The zero-order valence-corrected chi connectivity index (χ0v) is 9.31. The second-order valence-electron chi connectivity index (χ2n) is 3.44. The molecule has 0 radical (unpaired) electrons. The van der Waals surface area contributed by atoms with Crippen LogP contribution >= 0.6 is 0 Å². The number of ether oxygens (including phenoxy) is 1. The van der Waals surface area contributed by atoms with Gasteiger partial charge in [-0.25, -0.2) is 4.39 Å². The lowest BCUT2D eigenvalue weighted by atomic mass is 10.2. The van der Waals surface area contributed by atoms with Crippen LogP contribution in [0.1, 0.15) is 0 Å². The fourth-order valence-corrected chi connectivity index (χ4v) is 1.29. The fraction of sp³-hybridized carbons (Fsp3) is 0.364. The van der Waals surface area contributed by atoms with Crippen LogP contribution in [0.2, 0.25) is 0 Å². The Labute approximate surface area is 93.8 Å². The smallest absolute Gasteiger partial charge is 0.246 e. The molecule has 0 aliphatic heterocycles. The molecule has 88 valence electrons. The summed E-state index contributed by atoms with van der Waals surface area (Å²) in [5.41, 5.74) is 6.20. The van der Waals surface area contributed by atoms with E-state index < -0.39 is 6.04 Å². The van der Waals surface area contributed by atoms with Crippen LogP contribution in [-0.2, 0) is 9.53 Å². The van der Waals surface area contributed by atoms with Crippen molar-refractivity contribution in [2.24, 2.45) is 5.73 Å². The Kier molecular flexibility index (Phi) is 4.39. The Morgan fingerprint density at radius 3 is 2.56 bits per heavy atom. The summed E-state index contributed by atoms with van der Waals surface area (Å²) in [5.74, 6) is -0.612. The summed E-state index contributed by atoms with van der Waals surface area (Å²) >= 11 is 0. The Morgan fingerprint density at radius 2 is 2.06 bits per heavy atom. The van der Waals surface area contributed by atoms with E-state index in [4.69, 9.17) is 10.5 Å². The molecular formula is C11H15FN2O2. The molecular weight excluding hydrogens is 211 g/mol. The molecule has 1 amide bonds. The van der Waals surface area contributed by atoms with E-state index in [1.165, 1.54) is 36.3 Å². The van der Waals surface area contributed by atoms with Gasteiger partial charge < -0.3 is 15.4 Å². The average molecular weight is 226 g/mol. The molecule has 1 rings (SSSR count). The maximum atomic E-state index is 12.7. The summed E-state index contributed by atoms with van der Waals surface area (Å²) < 4.78 is 17.5. The summed E-state index contributed by atoms with van der Waals surface area (Å²) in [6.45, 7) is 0.157. The standard InChI is InChI=1S/C11H15FN2O2/c1-14(11(15)10(13)7-16-2)9-5-3-8(12)4-6-9/h3-6,10H,7,13H2,1-2H3. The van der Waals surface area contributed by atoms with Crippen molar-refractivity contribution in [2.45, 2.75) is 6.04 Å². The molecule has 0 aliphatic carbocycles. The normalized spacial score (nSPS) is 12.2. The van der Waals surface area contributed by atoms with Crippen molar-refractivity contribution in [1.82, 2.24) is 0 Å². The number of benzene rings is 1. The highest BCUT2D eigenvalue weighted by Crippen LogP contribution is 2.13. The Morgan fingerprint density at radius 1 is 1.50 bits per heavy atom. The van der Waals surface area contributed by atoms with Gasteiger partial charge in [-0.1, -0.05) is 0 Å². The molecule has 1 aromatic carbocycles. The third-order valence-electron chi connectivity index (χ3n) is 2.21. The maximum absolute atomic E-state index is 12.7. The lowest BCUT2D eigenvalue weighted by Crippen LogP contribution is -2.44. The summed E-state index contributed by atoms with van der Waals surface area (Å²) in [6.07, 6.45) is 0. The molecule has 1 aromatic rings. The summed E-state index contributed by atoms with van der Waals surface area (Å²) in [6, 6.07) is 4.92. The molecule has 16 heavy (non-hydrogen) atoms. The molecule has 0 aromatic heterocycles. The quantitative estimate of drug-likeness (QED) is 0.824. The van der Waals surface area contributed by atoms with Crippen LogP contribution in [0.3, 0.4) is 0 Å². The number of methoxy groups -OCH3 is 1. The van der Waals surface area contributed by atoms with Crippen LogP contribution in [0.4, 0.5) is 10.1 Å². The number of hydrogen-bond acceptors (Lipinski definition) is 3. The lowest BCUT2D eigenvalue weighted by molar-refractivity contribution is -0.120. The van der Waals surface area contributed by atoms with Crippen LogP contribution in [-0.4, -0.2) is 32.7 Å². The zero-order chi connectivity index (χ0) is 12.1. The minimum atomic E-state index is -0.708. The van der Waals surface area contributed by atoms with E-state index >= 15 is 0 Å². The van der Waals surface area contributed by atoms with Gasteiger partial charge >= 0.3 is 0 Å². The van der Waals surface area contributed by atoms with Gasteiger partial charge in [-0.15, -0.1) is 0 Å². The monoisotopic (exact) mass is 226 g/mol. The van der Waals surface area contributed by atoms with E-state index in [0.29, 0.717) is 5.69 Å². The number of halogens is 1. The molecule has 1 unspecified atom stereocenters. The molecule has 2 N–H and O–H groups in total. The number of likely N-dealkylation sites (N-methyl/N-ethyl adjacent to an activating group) is 1. The molecule has 0 aliphatic rings. The summed E-state index contributed by atoms with van der Waals surface area (Å²) in [5, 5.41) is 0. The molecule has 0 fully saturated rings. The average Bonchev–Trinajstić information content (AvgIpc) is 2.28. The van der Waals surface area contributed by atoms with Gasteiger partial charge in [0.05, 0.1) is 6.61 Å². The van der Waals surface area contributed by atoms with Crippen molar-refractivity contribution in [3.8, 4) is 0 Å². The second kappa shape index (κ2) is 5.58. The van der Waals surface area contributed by atoms with E-state index in [-0.39, 0.29) is 18.3 Å². The molecule has 0 heterocycles. The predicted molar refractivity (Wildman–Crippen MR) is 59.7 cm³/mol. The van der Waals surface area contributed by atoms with Gasteiger partial charge in [0, 0.05) is 19.8 Å². The van der Waals surface area contributed by atoms with Gasteiger partial charge in [0.2, 0.25) is 5.91 Å². The molecule has 5 heteroatoms. The highest BCUT2D eigenvalue weighted by molar-refractivity contribution is 5.96. The van der Waals surface area contributed by atoms with Gasteiger partial charge in [-0.05, 0) is 24.3 Å². The molecule has 1 atom stereocenters. The number of carbonyl (C=O) groups is 1. The van der Waals surface area contributed by atoms with Crippen molar-refractivity contribution in [2.75, 3.05) is 25.7 Å². The van der Waals surface area contributed by atoms with Gasteiger partial charge in [-0.2, -0.15) is 0 Å². The van der Waals surface area contributed by atoms with Crippen LogP contribution in [0.5, 0.6) is 0 Å². The van der Waals surface area contributed by atoms with Crippen molar-refractivity contribution in [3.05, 3.63) is 30.1 Å². The van der Waals surface area contributed by atoms with Crippen molar-refractivity contribution in [3.63, 3.8) is 0 Å². The number of nitrogens with two attached hydrogens (primary N) is 1. The Hall–Kier alpha value is -1.46. The van der Waals surface area contributed by atoms with Crippen LogP contribution in [0, 0.1) is 5.82 Å². The highest BCUT2D eigenvalue weighted by Gasteiger charge is 2.18. The first kappa shape index (κ1) is 12.6. The molecule has 4 nitrogen and oxygen atoms in total. The summed E-state index contributed by atoms with van der Waals surface area (Å²) in [7, 11) is 3.07. The van der Waals surface area contributed by atoms with Gasteiger partial charge in [0.1, 0.15) is 11.9 Å². The molecule has 0 saturated heterocycles. The predicted octanol–water partition coefficient (Wildman–Crippen LogP) is 0.762. The van der Waals surface area contributed by atoms with Crippen molar-refractivity contribution < 1.29 is 13.9 Å². The number of carbonyl (C=O) groups excluding carboxylic acids is 1. The van der Waals surface area contributed by atoms with Crippen LogP contribution in [0.25, 0.3) is 0 Å². The molecule has 0 bridgehead atoms. The first-order chi connectivity index (χ1) is 7.56. The number of anilines is 1. The lowest BCUT2D eigenvalue weighted by Gasteiger charge is -2.20. The zero-order valence-electron chi connectivity index (χ0n) is 9.31. The second-order valence-corrected chi connectivity index (χ2v) is 3.44. The van der Waals surface area contributed by atoms with Gasteiger partial charge in [-0.3, -0.25) is 4.79 Å². The van der Waals surface area contributed by atoms with Gasteiger partial charge in [0.15, 0.2) is 0 Å². The fourth-order valence-electron chi connectivity index (χ4n) is 1.29. The maximum Gasteiger partial charge on any atom is 0.246 e. The minimum absolute atomic E-state index is 0.157. The molecule has 0 spiro atoms. The van der Waals surface area contributed by atoms with E-state index in [0.717, 1.165) is 0 Å². The van der Waals surface area contributed by atoms with Crippen LogP contribution < -0.4 is 10.6 Å². The van der Waals surface area contributed by atoms with E-state index in [2.05, 4.69) is 0 Å². The summed E-state index contributed by atoms with van der Waals surface area (Å²) in [4.78, 5) is 13.1. The number of rotatable bonds is 4. The number of nitrogens with zero attached hydrogens (tertiary/aromatic N) is 1. The minimum Gasteiger partial charge on any atom is -0.383 e. The van der Waals surface area contributed by atoms with E-state index in [1.807, 2.05) is 0 Å². The molecule has 0 saturated carbocycles. The van der Waals surface area contributed by atoms with E-state index in [9.17, 15) is 9.18 Å². The first-order valence-corrected chi connectivity index (χ1v) is 4.84. The Balaban J connectivity index is 2.73. The van der Waals surface area contributed by atoms with Crippen molar-refractivity contribution >= 4 is 11.6 Å². The van der Waals surface area contributed by atoms with Crippen molar-refractivity contribution in [1.29, 1.82) is 0 Å². The first-order valence-electron chi connectivity index (χ1n) is 4.84. The SMILES string of the molecule is COCC(N)C(=O)N(C)c1ccc(F)cc1. The number of hydrogen-bond donors (Lipinski definition) is 1. The number of amides is 1. The largest absolute Gasteiger partial charge is 0.383 e.